The molecule has 0 unspecified atom stereocenters. The van der Waals surface area contributed by atoms with E-state index in [-0.39, 0.29) is 29.9 Å². The van der Waals surface area contributed by atoms with E-state index in [2.05, 4.69) is 32.7 Å². The Hall–Kier alpha value is -1.91. The van der Waals surface area contributed by atoms with Gasteiger partial charge >= 0.3 is 0 Å². The van der Waals surface area contributed by atoms with E-state index < -0.39 is 0 Å². The Bertz CT molecular complexity index is 776. The van der Waals surface area contributed by atoms with Crippen molar-refractivity contribution in [3.63, 3.8) is 0 Å². The number of carbonyl (C=O) groups is 1. The molecular formula is C19H30IN7O. The molecule has 154 valence electrons. The largest absolute Gasteiger partial charge is 0.357 e. The molecule has 0 aromatic carbocycles. The molecule has 1 aliphatic rings. The predicted molar refractivity (Wildman–Crippen MR) is 121 cm³/mol. The summed E-state index contributed by atoms with van der Waals surface area (Å²) < 4.78 is 2.03. The van der Waals surface area contributed by atoms with Crippen molar-refractivity contribution in [3.8, 4) is 0 Å². The summed E-state index contributed by atoms with van der Waals surface area (Å²) in [5.41, 5.74) is 0.881. The van der Waals surface area contributed by atoms with Crippen LogP contribution in [0.3, 0.4) is 0 Å². The molecule has 1 fully saturated rings. The van der Waals surface area contributed by atoms with E-state index in [1.807, 2.05) is 33.7 Å². The van der Waals surface area contributed by atoms with Crippen LogP contribution in [0, 0.1) is 0 Å². The fourth-order valence-electron chi connectivity index (χ4n) is 3.25. The SMILES string of the molecule is CCNC(=NCCCN1CCCC1=O)NCCCc1nnc2ccccn12.I. The highest BCUT2D eigenvalue weighted by Gasteiger charge is 2.18. The van der Waals surface area contributed by atoms with E-state index in [4.69, 9.17) is 0 Å². The third kappa shape index (κ3) is 6.32. The van der Waals surface area contributed by atoms with Crippen molar-refractivity contribution < 1.29 is 4.79 Å². The number of hydrogen-bond donors (Lipinski definition) is 2. The lowest BCUT2D eigenvalue weighted by atomic mass is 10.3. The van der Waals surface area contributed by atoms with Crippen molar-refractivity contribution in [1.82, 2.24) is 30.1 Å². The molecule has 0 atom stereocenters. The smallest absolute Gasteiger partial charge is 0.222 e. The molecule has 2 aromatic heterocycles. The van der Waals surface area contributed by atoms with Gasteiger partial charge in [-0.05, 0) is 38.3 Å². The van der Waals surface area contributed by atoms with Crippen LogP contribution >= 0.6 is 24.0 Å². The molecule has 1 aliphatic heterocycles. The van der Waals surface area contributed by atoms with E-state index in [0.717, 1.165) is 69.3 Å². The van der Waals surface area contributed by atoms with Gasteiger partial charge < -0.3 is 15.5 Å². The van der Waals surface area contributed by atoms with Gasteiger partial charge in [-0.3, -0.25) is 14.2 Å². The molecule has 0 saturated carbocycles. The lowest BCUT2D eigenvalue weighted by Crippen LogP contribution is -2.38. The van der Waals surface area contributed by atoms with Crippen LogP contribution in [0.25, 0.3) is 5.65 Å². The number of pyridine rings is 1. The van der Waals surface area contributed by atoms with E-state index in [1.54, 1.807) is 0 Å². The number of nitrogens with zero attached hydrogens (tertiary/aromatic N) is 5. The van der Waals surface area contributed by atoms with E-state index in [9.17, 15) is 4.79 Å². The van der Waals surface area contributed by atoms with Gasteiger partial charge in [0.05, 0.1) is 0 Å². The van der Waals surface area contributed by atoms with Crippen molar-refractivity contribution in [2.45, 2.75) is 39.0 Å². The third-order valence-electron chi connectivity index (χ3n) is 4.63. The summed E-state index contributed by atoms with van der Waals surface area (Å²) in [6.45, 7) is 6.12. The predicted octanol–water partition coefficient (Wildman–Crippen LogP) is 1.85. The first-order valence-electron chi connectivity index (χ1n) is 9.86. The number of amides is 1. The second kappa shape index (κ2) is 11.8. The number of aliphatic imine (C=N–C) groups is 1. The summed E-state index contributed by atoms with van der Waals surface area (Å²) in [4.78, 5) is 18.2. The molecule has 3 rings (SSSR count). The van der Waals surface area contributed by atoms with Crippen LogP contribution in [0.2, 0.25) is 0 Å². The Balaban J connectivity index is 0.00000280. The number of aromatic nitrogens is 3. The number of likely N-dealkylation sites (tertiary alicyclic amines) is 1. The average Bonchev–Trinajstić information content (AvgIpc) is 3.28. The molecule has 9 heteroatoms. The summed E-state index contributed by atoms with van der Waals surface area (Å²) in [6, 6.07) is 5.91. The lowest BCUT2D eigenvalue weighted by Gasteiger charge is -2.15. The minimum Gasteiger partial charge on any atom is -0.357 e. The van der Waals surface area contributed by atoms with Gasteiger partial charge in [0, 0.05) is 51.8 Å². The van der Waals surface area contributed by atoms with Crippen molar-refractivity contribution in [3.05, 3.63) is 30.2 Å². The van der Waals surface area contributed by atoms with Crippen molar-refractivity contribution in [2.24, 2.45) is 4.99 Å². The zero-order valence-electron chi connectivity index (χ0n) is 16.4. The average molecular weight is 499 g/mol. The maximum Gasteiger partial charge on any atom is 0.222 e. The molecule has 28 heavy (non-hydrogen) atoms. The Labute approximate surface area is 183 Å². The number of rotatable bonds is 9. The summed E-state index contributed by atoms with van der Waals surface area (Å²) in [5.74, 6) is 2.09. The standard InChI is InChI=1S/C19H29N7O.HI/c1-2-20-19(22-12-7-14-25-13-6-10-18(25)27)21-11-5-9-17-24-23-16-8-3-4-15-26(16)17;/h3-4,8,15H,2,5-7,9-14H2,1H3,(H2,20,21,22);1H. The molecule has 0 spiro atoms. The summed E-state index contributed by atoms with van der Waals surface area (Å²) in [6.07, 6.45) is 6.39. The zero-order chi connectivity index (χ0) is 18.9. The number of fused-ring (bicyclic) bond motifs is 1. The highest BCUT2D eigenvalue weighted by molar-refractivity contribution is 14.0. The number of aryl methyl sites for hydroxylation is 1. The van der Waals surface area contributed by atoms with E-state index in [1.165, 1.54) is 0 Å². The second-order valence-electron chi connectivity index (χ2n) is 6.67. The minimum atomic E-state index is 0. The normalized spacial score (nSPS) is 14.4. The van der Waals surface area contributed by atoms with Crippen LogP contribution in [0.5, 0.6) is 0 Å². The molecule has 0 aliphatic carbocycles. The van der Waals surface area contributed by atoms with Gasteiger partial charge in [0.25, 0.3) is 0 Å². The summed E-state index contributed by atoms with van der Waals surface area (Å²) in [5, 5.41) is 15.1. The number of carbonyl (C=O) groups excluding carboxylic acids is 1. The van der Waals surface area contributed by atoms with Crippen molar-refractivity contribution in [1.29, 1.82) is 0 Å². The Morgan fingerprint density at radius 1 is 1.25 bits per heavy atom. The number of halogens is 1. The van der Waals surface area contributed by atoms with Crippen LogP contribution in [-0.4, -0.2) is 64.1 Å². The summed E-state index contributed by atoms with van der Waals surface area (Å²) in [7, 11) is 0. The Kier molecular flexibility index (Phi) is 9.45. The first-order chi connectivity index (χ1) is 13.3. The first kappa shape index (κ1) is 22.4. The van der Waals surface area contributed by atoms with Crippen molar-refractivity contribution in [2.75, 3.05) is 32.7 Å². The van der Waals surface area contributed by atoms with Crippen LogP contribution < -0.4 is 10.6 Å². The fourth-order valence-corrected chi connectivity index (χ4v) is 3.25. The molecule has 2 aromatic rings. The second-order valence-corrected chi connectivity index (χ2v) is 6.67. The van der Waals surface area contributed by atoms with Gasteiger partial charge in [0.15, 0.2) is 11.6 Å². The Morgan fingerprint density at radius 2 is 2.14 bits per heavy atom. The Morgan fingerprint density at radius 3 is 2.93 bits per heavy atom. The minimum absolute atomic E-state index is 0. The fraction of sp³-hybridized carbons (Fsp3) is 0.579. The van der Waals surface area contributed by atoms with Gasteiger partial charge in [-0.1, -0.05) is 6.07 Å². The zero-order valence-corrected chi connectivity index (χ0v) is 18.8. The van der Waals surface area contributed by atoms with E-state index >= 15 is 0 Å². The molecule has 2 N–H and O–H groups in total. The molecular weight excluding hydrogens is 469 g/mol. The van der Waals surface area contributed by atoms with Crippen LogP contribution in [-0.2, 0) is 11.2 Å². The number of hydrogen-bond acceptors (Lipinski definition) is 4. The van der Waals surface area contributed by atoms with Crippen LogP contribution in [0.4, 0.5) is 0 Å². The molecule has 8 nitrogen and oxygen atoms in total. The molecule has 1 saturated heterocycles. The number of nitrogens with one attached hydrogen (secondary N) is 2. The highest BCUT2D eigenvalue weighted by atomic mass is 127. The van der Waals surface area contributed by atoms with Crippen LogP contribution in [0.1, 0.15) is 38.4 Å². The molecule has 0 radical (unpaired) electrons. The number of guanidine groups is 1. The van der Waals surface area contributed by atoms with Gasteiger partial charge in [-0.2, -0.15) is 0 Å². The maximum absolute atomic E-state index is 11.6. The lowest BCUT2D eigenvalue weighted by molar-refractivity contribution is -0.127. The molecule has 0 bridgehead atoms. The van der Waals surface area contributed by atoms with Gasteiger partial charge in [0.2, 0.25) is 5.91 Å². The monoisotopic (exact) mass is 499 g/mol. The van der Waals surface area contributed by atoms with E-state index in [0.29, 0.717) is 13.0 Å². The molecule has 1 amide bonds. The third-order valence-corrected chi connectivity index (χ3v) is 4.63. The van der Waals surface area contributed by atoms with Gasteiger partial charge in [-0.25, -0.2) is 0 Å². The highest BCUT2D eigenvalue weighted by Crippen LogP contribution is 2.09. The van der Waals surface area contributed by atoms with Crippen LogP contribution in [0.15, 0.2) is 29.4 Å². The first-order valence-corrected chi connectivity index (χ1v) is 9.86. The summed E-state index contributed by atoms with van der Waals surface area (Å²) >= 11 is 0. The maximum atomic E-state index is 11.6. The quantitative estimate of drug-likeness (QED) is 0.238. The van der Waals surface area contributed by atoms with Gasteiger partial charge in [-0.15, -0.1) is 34.2 Å². The topological polar surface area (TPSA) is 86.9 Å². The molecule has 3 heterocycles. The van der Waals surface area contributed by atoms with Gasteiger partial charge in [0.1, 0.15) is 5.82 Å². The van der Waals surface area contributed by atoms with Crippen molar-refractivity contribution >= 4 is 41.5 Å².